The molecule has 0 aliphatic rings. The van der Waals surface area contributed by atoms with Crippen LogP contribution in [0.2, 0.25) is 0 Å². The summed E-state index contributed by atoms with van der Waals surface area (Å²) in [5.74, 6) is 1.71. The highest BCUT2D eigenvalue weighted by Crippen LogP contribution is 2.29. The van der Waals surface area contributed by atoms with Crippen molar-refractivity contribution in [1.82, 2.24) is 9.55 Å². The van der Waals surface area contributed by atoms with Gasteiger partial charge in [-0.25, -0.2) is 4.98 Å². The first-order chi connectivity index (χ1) is 9.11. The van der Waals surface area contributed by atoms with Crippen molar-refractivity contribution < 1.29 is 4.74 Å². The summed E-state index contributed by atoms with van der Waals surface area (Å²) < 4.78 is 7.41. The standard InChI is InChI=1S/C14H19N3OS/c1-10(15)11-4-5-13(18-3)12(8-11)9-19-14-16-6-7-17(14)2/h4-8,10H,9,15H2,1-3H3. The van der Waals surface area contributed by atoms with Gasteiger partial charge in [-0.2, -0.15) is 0 Å². The Morgan fingerprint density at radius 1 is 1.47 bits per heavy atom. The molecule has 0 aliphatic heterocycles. The number of hydrogen-bond acceptors (Lipinski definition) is 4. The van der Waals surface area contributed by atoms with E-state index in [1.54, 1.807) is 25.1 Å². The lowest BCUT2D eigenvalue weighted by Crippen LogP contribution is -2.05. The molecule has 2 aromatic rings. The maximum atomic E-state index is 5.92. The highest BCUT2D eigenvalue weighted by molar-refractivity contribution is 7.98. The number of nitrogens with two attached hydrogens (primary N) is 1. The molecule has 0 fully saturated rings. The summed E-state index contributed by atoms with van der Waals surface area (Å²) >= 11 is 1.69. The van der Waals surface area contributed by atoms with Crippen LogP contribution < -0.4 is 10.5 Å². The zero-order valence-electron chi connectivity index (χ0n) is 11.5. The lowest BCUT2D eigenvalue weighted by atomic mass is 10.1. The molecule has 0 saturated carbocycles. The fraction of sp³-hybridized carbons (Fsp3) is 0.357. The second-order valence-electron chi connectivity index (χ2n) is 4.47. The van der Waals surface area contributed by atoms with Crippen LogP contribution in [0.3, 0.4) is 0 Å². The van der Waals surface area contributed by atoms with Gasteiger partial charge in [-0.15, -0.1) is 0 Å². The Labute approximate surface area is 118 Å². The topological polar surface area (TPSA) is 53.1 Å². The fourth-order valence-electron chi connectivity index (χ4n) is 1.83. The van der Waals surface area contributed by atoms with E-state index in [9.17, 15) is 0 Å². The lowest BCUT2D eigenvalue weighted by molar-refractivity contribution is 0.411. The molecule has 0 aliphatic carbocycles. The third kappa shape index (κ3) is 3.30. The molecule has 0 radical (unpaired) electrons. The number of ether oxygens (including phenoxy) is 1. The van der Waals surface area contributed by atoms with Crippen molar-refractivity contribution in [3.05, 3.63) is 41.7 Å². The summed E-state index contributed by atoms with van der Waals surface area (Å²) in [4.78, 5) is 4.30. The second kappa shape index (κ2) is 6.12. The van der Waals surface area contributed by atoms with Gasteiger partial charge in [0, 0.05) is 36.8 Å². The number of aryl methyl sites for hydroxylation is 1. The van der Waals surface area contributed by atoms with Crippen LogP contribution in [0, 0.1) is 0 Å². The molecule has 0 spiro atoms. The molecule has 0 amide bonds. The van der Waals surface area contributed by atoms with Crippen LogP contribution in [0.15, 0.2) is 35.7 Å². The first-order valence-corrected chi connectivity index (χ1v) is 7.13. The van der Waals surface area contributed by atoms with E-state index in [4.69, 9.17) is 10.5 Å². The number of benzene rings is 1. The quantitative estimate of drug-likeness (QED) is 0.854. The van der Waals surface area contributed by atoms with Crippen LogP contribution in [0.25, 0.3) is 0 Å². The molecule has 1 aromatic heterocycles. The Kier molecular flexibility index (Phi) is 4.50. The summed E-state index contributed by atoms with van der Waals surface area (Å²) in [7, 11) is 3.68. The van der Waals surface area contributed by atoms with Crippen molar-refractivity contribution in [2.75, 3.05) is 7.11 Å². The van der Waals surface area contributed by atoms with Crippen molar-refractivity contribution in [1.29, 1.82) is 0 Å². The number of rotatable bonds is 5. The normalized spacial score (nSPS) is 12.4. The summed E-state index contributed by atoms with van der Waals surface area (Å²) in [6.45, 7) is 1.98. The molecule has 0 bridgehead atoms. The summed E-state index contributed by atoms with van der Waals surface area (Å²) in [5.41, 5.74) is 8.19. The Morgan fingerprint density at radius 3 is 2.84 bits per heavy atom. The van der Waals surface area contributed by atoms with Gasteiger partial charge >= 0.3 is 0 Å². The molecule has 4 nitrogen and oxygen atoms in total. The Balaban J connectivity index is 2.18. The average Bonchev–Trinajstić information content (AvgIpc) is 2.81. The van der Waals surface area contributed by atoms with Crippen molar-refractivity contribution >= 4 is 11.8 Å². The average molecular weight is 277 g/mol. The zero-order chi connectivity index (χ0) is 13.8. The number of methoxy groups -OCH3 is 1. The molecular weight excluding hydrogens is 258 g/mol. The van der Waals surface area contributed by atoms with E-state index in [0.717, 1.165) is 27.8 Å². The maximum absolute atomic E-state index is 5.92. The summed E-state index contributed by atoms with van der Waals surface area (Å²) in [5, 5.41) is 0.994. The van der Waals surface area contributed by atoms with E-state index >= 15 is 0 Å². The predicted molar refractivity (Wildman–Crippen MR) is 78.4 cm³/mol. The van der Waals surface area contributed by atoms with Crippen LogP contribution in [0.5, 0.6) is 5.75 Å². The van der Waals surface area contributed by atoms with Gasteiger partial charge in [-0.1, -0.05) is 17.8 Å². The van der Waals surface area contributed by atoms with Crippen LogP contribution in [-0.4, -0.2) is 16.7 Å². The van der Waals surface area contributed by atoms with Gasteiger partial charge in [0.2, 0.25) is 0 Å². The second-order valence-corrected chi connectivity index (χ2v) is 5.41. The molecule has 2 N–H and O–H groups in total. The summed E-state index contributed by atoms with van der Waals surface area (Å²) in [6.07, 6.45) is 3.75. The van der Waals surface area contributed by atoms with E-state index in [1.165, 1.54) is 0 Å². The molecule has 1 atom stereocenters. The Hall–Kier alpha value is -1.46. The lowest BCUT2D eigenvalue weighted by Gasteiger charge is -2.12. The van der Waals surface area contributed by atoms with Gasteiger partial charge in [0.25, 0.3) is 0 Å². The maximum Gasteiger partial charge on any atom is 0.167 e. The number of imidazole rings is 1. The van der Waals surface area contributed by atoms with Crippen LogP contribution in [-0.2, 0) is 12.8 Å². The first kappa shape index (κ1) is 14.0. The van der Waals surface area contributed by atoms with Gasteiger partial charge in [-0.05, 0) is 24.6 Å². The van der Waals surface area contributed by atoms with Crippen molar-refractivity contribution in [2.45, 2.75) is 23.9 Å². The molecule has 5 heteroatoms. The molecule has 0 saturated heterocycles. The first-order valence-electron chi connectivity index (χ1n) is 6.14. The molecular formula is C14H19N3OS. The molecule has 1 unspecified atom stereocenters. The third-order valence-electron chi connectivity index (χ3n) is 2.96. The monoisotopic (exact) mass is 277 g/mol. The molecule has 2 rings (SSSR count). The van der Waals surface area contributed by atoms with E-state index < -0.39 is 0 Å². The largest absolute Gasteiger partial charge is 0.496 e. The number of hydrogen-bond donors (Lipinski definition) is 1. The highest BCUT2D eigenvalue weighted by atomic mass is 32.2. The third-order valence-corrected chi connectivity index (χ3v) is 4.07. The fourth-order valence-corrected chi connectivity index (χ4v) is 2.74. The number of thioether (sulfide) groups is 1. The minimum absolute atomic E-state index is 0.0304. The van der Waals surface area contributed by atoms with E-state index in [-0.39, 0.29) is 6.04 Å². The molecule has 102 valence electrons. The van der Waals surface area contributed by atoms with E-state index in [2.05, 4.69) is 11.1 Å². The molecule has 19 heavy (non-hydrogen) atoms. The predicted octanol–water partition coefficient (Wildman–Crippen LogP) is 2.74. The van der Waals surface area contributed by atoms with Crippen molar-refractivity contribution in [3.8, 4) is 5.75 Å². The van der Waals surface area contributed by atoms with Crippen molar-refractivity contribution in [3.63, 3.8) is 0 Å². The van der Waals surface area contributed by atoms with Crippen molar-refractivity contribution in [2.24, 2.45) is 12.8 Å². The number of aromatic nitrogens is 2. The van der Waals surface area contributed by atoms with Gasteiger partial charge in [0.15, 0.2) is 5.16 Å². The SMILES string of the molecule is COc1ccc(C(C)N)cc1CSc1nccn1C. The van der Waals surface area contributed by atoms with Crippen LogP contribution >= 0.6 is 11.8 Å². The van der Waals surface area contributed by atoms with Gasteiger partial charge in [0.05, 0.1) is 7.11 Å². The number of nitrogens with zero attached hydrogens (tertiary/aromatic N) is 2. The molecule has 1 heterocycles. The minimum Gasteiger partial charge on any atom is -0.496 e. The van der Waals surface area contributed by atoms with Gasteiger partial charge in [0.1, 0.15) is 5.75 Å². The van der Waals surface area contributed by atoms with E-state index in [1.807, 2.05) is 36.9 Å². The van der Waals surface area contributed by atoms with Crippen LogP contribution in [0.4, 0.5) is 0 Å². The zero-order valence-corrected chi connectivity index (χ0v) is 12.3. The van der Waals surface area contributed by atoms with Gasteiger partial charge < -0.3 is 15.0 Å². The Morgan fingerprint density at radius 2 is 2.26 bits per heavy atom. The summed E-state index contributed by atoms with van der Waals surface area (Å²) in [6, 6.07) is 6.13. The minimum atomic E-state index is 0.0304. The Bertz CT molecular complexity index is 551. The smallest absolute Gasteiger partial charge is 0.167 e. The molecule has 1 aromatic carbocycles. The van der Waals surface area contributed by atoms with Gasteiger partial charge in [-0.3, -0.25) is 0 Å². The van der Waals surface area contributed by atoms with Crippen LogP contribution in [0.1, 0.15) is 24.1 Å². The van der Waals surface area contributed by atoms with E-state index in [0.29, 0.717) is 0 Å². The highest BCUT2D eigenvalue weighted by Gasteiger charge is 2.09.